The number of carboxylic acids is 1. The van der Waals surface area contributed by atoms with Crippen molar-refractivity contribution in [2.75, 3.05) is 13.2 Å². The smallest absolute Gasteiger partial charge is 0.323 e. The highest BCUT2D eigenvalue weighted by molar-refractivity contribution is 5.79. The first-order valence-electron chi connectivity index (χ1n) is 6.23. The fourth-order valence-electron chi connectivity index (χ4n) is 2.42. The molecular formula is C12H21NO3. The van der Waals surface area contributed by atoms with E-state index in [4.69, 9.17) is 4.74 Å². The Morgan fingerprint density at radius 2 is 2.25 bits per heavy atom. The number of hydrogen-bond acceptors (Lipinski definition) is 3. The van der Waals surface area contributed by atoms with Crippen LogP contribution < -0.4 is 5.32 Å². The summed E-state index contributed by atoms with van der Waals surface area (Å²) in [6, 6.07) is 0. The van der Waals surface area contributed by atoms with Crippen molar-refractivity contribution in [2.45, 2.75) is 50.7 Å². The Kier molecular flexibility index (Phi) is 3.50. The average molecular weight is 227 g/mol. The van der Waals surface area contributed by atoms with Gasteiger partial charge in [-0.1, -0.05) is 0 Å². The highest BCUT2D eigenvalue weighted by Crippen LogP contribution is 2.39. The molecular weight excluding hydrogens is 206 g/mol. The molecule has 2 unspecified atom stereocenters. The van der Waals surface area contributed by atoms with Gasteiger partial charge in [0.15, 0.2) is 0 Å². The first-order valence-corrected chi connectivity index (χ1v) is 6.23. The molecule has 2 atom stereocenters. The van der Waals surface area contributed by atoms with Gasteiger partial charge in [0.2, 0.25) is 0 Å². The Balaban J connectivity index is 1.75. The fraction of sp³-hybridized carbons (Fsp3) is 0.917. The Labute approximate surface area is 96.4 Å². The van der Waals surface area contributed by atoms with Crippen molar-refractivity contribution >= 4 is 5.97 Å². The molecule has 1 aliphatic heterocycles. The molecule has 0 bridgehead atoms. The molecule has 2 aliphatic rings. The van der Waals surface area contributed by atoms with Crippen molar-refractivity contribution in [3.05, 3.63) is 0 Å². The van der Waals surface area contributed by atoms with E-state index in [1.54, 1.807) is 0 Å². The van der Waals surface area contributed by atoms with E-state index in [1.807, 2.05) is 6.92 Å². The van der Waals surface area contributed by atoms with Gasteiger partial charge in [0.1, 0.15) is 5.54 Å². The maximum atomic E-state index is 11.2. The second-order valence-corrected chi connectivity index (χ2v) is 5.13. The van der Waals surface area contributed by atoms with Gasteiger partial charge >= 0.3 is 5.97 Å². The minimum Gasteiger partial charge on any atom is -0.480 e. The summed E-state index contributed by atoms with van der Waals surface area (Å²) in [7, 11) is 0. The largest absolute Gasteiger partial charge is 0.480 e. The second kappa shape index (κ2) is 4.72. The van der Waals surface area contributed by atoms with Crippen LogP contribution in [0.5, 0.6) is 0 Å². The van der Waals surface area contributed by atoms with Crippen LogP contribution in [0.2, 0.25) is 0 Å². The van der Waals surface area contributed by atoms with E-state index in [9.17, 15) is 9.90 Å². The summed E-state index contributed by atoms with van der Waals surface area (Å²) < 4.78 is 5.52. The van der Waals surface area contributed by atoms with Crippen LogP contribution in [0, 0.1) is 5.92 Å². The summed E-state index contributed by atoms with van der Waals surface area (Å²) >= 11 is 0. The molecule has 1 saturated carbocycles. The molecule has 4 nitrogen and oxygen atoms in total. The van der Waals surface area contributed by atoms with Crippen LogP contribution in [0.1, 0.15) is 39.0 Å². The van der Waals surface area contributed by atoms with Gasteiger partial charge in [-0.3, -0.25) is 4.79 Å². The molecule has 0 spiro atoms. The Hall–Kier alpha value is -0.610. The van der Waals surface area contributed by atoms with Gasteiger partial charge in [0, 0.05) is 6.61 Å². The van der Waals surface area contributed by atoms with E-state index in [0.29, 0.717) is 12.0 Å². The highest BCUT2D eigenvalue weighted by Gasteiger charge is 2.47. The van der Waals surface area contributed by atoms with Crippen LogP contribution >= 0.6 is 0 Å². The van der Waals surface area contributed by atoms with Crippen molar-refractivity contribution in [2.24, 2.45) is 5.92 Å². The molecule has 92 valence electrons. The number of aliphatic carboxylic acids is 1. The molecule has 4 heteroatoms. The molecule has 1 heterocycles. The zero-order valence-electron chi connectivity index (χ0n) is 9.87. The standard InChI is InChI=1S/C12H21NO3/c1-12(11(14)15,9-4-5-9)13-7-6-10-3-2-8-16-10/h9-10,13H,2-8H2,1H3,(H,14,15). The van der Waals surface area contributed by atoms with Crippen molar-refractivity contribution in [3.63, 3.8) is 0 Å². The molecule has 0 amide bonds. The van der Waals surface area contributed by atoms with Gasteiger partial charge in [-0.05, 0) is 51.5 Å². The molecule has 0 aromatic heterocycles. The Morgan fingerprint density at radius 1 is 1.50 bits per heavy atom. The van der Waals surface area contributed by atoms with E-state index >= 15 is 0 Å². The van der Waals surface area contributed by atoms with E-state index in [-0.39, 0.29) is 0 Å². The van der Waals surface area contributed by atoms with Crippen LogP contribution in [-0.2, 0) is 9.53 Å². The van der Waals surface area contributed by atoms with Crippen molar-refractivity contribution in [1.29, 1.82) is 0 Å². The fourth-order valence-corrected chi connectivity index (χ4v) is 2.42. The zero-order chi connectivity index (χ0) is 11.6. The maximum Gasteiger partial charge on any atom is 0.323 e. The van der Waals surface area contributed by atoms with Gasteiger partial charge in [-0.15, -0.1) is 0 Å². The number of ether oxygens (including phenoxy) is 1. The molecule has 16 heavy (non-hydrogen) atoms. The predicted molar refractivity (Wildman–Crippen MR) is 60.4 cm³/mol. The summed E-state index contributed by atoms with van der Waals surface area (Å²) in [5.74, 6) is -0.406. The van der Waals surface area contributed by atoms with Gasteiger partial charge in [0.25, 0.3) is 0 Å². The number of carboxylic acid groups (broad SMARTS) is 1. The summed E-state index contributed by atoms with van der Waals surface area (Å²) in [6.45, 7) is 3.41. The van der Waals surface area contributed by atoms with Crippen molar-refractivity contribution < 1.29 is 14.6 Å². The Morgan fingerprint density at radius 3 is 2.75 bits per heavy atom. The molecule has 0 aromatic carbocycles. The van der Waals surface area contributed by atoms with Gasteiger partial charge in [-0.25, -0.2) is 0 Å². The summed E-state index contributed by atoms with van der Waals surface area (Å²) in [6.07, 6.45) is 5.60. The molecule has 1 saturated heterocycles. The summed E-state index contributed by atoms with van der Waals surface area (Å²) in [4.78, 5) is 11.2. The van der Waals surface area contributed by atoms with E-state index < -0.39 is 11.5 Å². The first kappa shape index (κ1) is 11.9. The van der Waals surface area contributed by atoms with E-state index in [0.717, 1.165) is 45.3 Å². The highest BCUT2D eigenvalue weighted by atomic mass is 16.5. The third-order valence-electron chi connectivity index (χ3n) is 3.82. The summed E-state index contributed by atoms with van der Waals surface area (Å²) in [5, 5.41) is 12.4. The third kappa shape index (κ3) is 2.55. The maximum absolute atomic E-state index is 11.2. The van der Waals surface area contributed by atoms with Crippen LogP contribution in [0.15, 0.2) is 0 Å². The molecule has 1 aliphatic carbocycles. The molecule has 2 N–H and O–H groups in total. The average Bonchev–Trinajstić information content (AvgIpc) is 2.98. The van der Waals surface area contributed by atoms with Crippen LogP contribution in [0.4, 0.5) is 0 Å². The van der Waals surface area contributed by atoms with Crippen LogP contribution in [0.3, 0.4) is 0 Å². The SMILES string of the molecule is CC(NCCC1CCCO1)(C(=O)O)C1CC1. The lowest BCUT2D eigenvalue weighted by Gasteiger charge is -2.26. The molecule has 2 fully saturated rings. The van der Waals surface area contributed by atoms with Crippen LogP contribution in [0.25, 0.3) is 0 Å². The topological polar surface area (TPSA) is 58.6 Å². The van der Waals surface area contributed by atoms with Crippen molar-refractivity contribution in [3.8, 4) is 0 Å². The van der Waals surface area contributed by atoms with Gasteiger partial charge in [0.05, 0.1) is 6.10 Å². The number of carbonyl (C=O) groups is 1. The van der Waals surface area contributed by atoms with Gasteiger partial charge < -0.3 is 15.2 Å². The monoisotopic (exact) mass is 227 g/mol. The lowest BCUT2D eigenvalue weighted by atomic mass is 9.95. The number of hydrogen-bond donors (Lipinski definition) is 2. The minimum atomic E-state index is -0.724. The lowest BCUT2D eigenvalue weighted by Crippen LogP contribution is -2.52. The summed E-state index contributed by atoms with van der Waals surface area (Å²) in [5.41, 5.74) is -0.724. The van der Waals surface area contributed by atoms with E-state index in [1.165, 1.54) is 0 Å². The molecule has 0 radical (unpaired) electrons. The van der Waals surface area contributed by atoms with Crippen LogP contribution in [-0.4, -0.2) is 35.9 Å². The minimum absolute atomic E-state index is 0.314. The third-order valence-corrected chi connectivity index (χ3v) is 3.82. The molecule has 0 aromatic rings. The first-order chi connectivity index (χ1) is 7.63. The second-order valence-electron chi connectivity index (χ2n) is 5.13. The molecule has 2 rings (SSSR count). The van der Waals surface area contributed by atoms with E-state index in [2.05, 4.69) is 5.32 Å². The lowest BCUT2D eigenvalue weighted by molar-refractivity contribution is -0.145. The van der Waals surface area contributed by atoms with Gasteiger partial charge in [-0.2, -0.15) is 0 Å². The number of rotatable bonds is 6. The number of nitrogens with one attached hydrogen (secondary N) is 1. The zero-order valence-corrected chi connectivity index (χ0v) is 9.87. The quantitative estimate of drug-likeness (QED) is 0.720. The Bertz CT molecular complexity index is 259. The van der Waals surface area contributed by atoms with Crippen molar-refractivity contribution in [1.82, 2.24) is 5.32 Å². The predicted octanol–water partition coefficient (Wildman–Crippen LogP) is 1.40. The normalized spacial score (nSPS) is 28.9.